The number of aryl methyl sites for hydroxylation is 1. The van der Waals surface area contributed by atoms with Crippen molar-refractivity contribution in [2.75, 3.05) is 13.7 Å². The second kappa shape index (κ2) is 8.55. The number of methoxy groups -OCH3 is 1. The number of ether oxygens (including phenoxy) is 1. The summed E-state index contributed by atoms with van der Waals surface area (Å²) < 4.78 is 10.2. The molecule has 0 aliphatic heterocycles. The van der Waals surface area contributed by atoms with E-state index in [0.29, 0.717) is 23.9 Å². The van der Waals surface area contributed by atoms with Crippen molar-refractivity contribution in [1.82, 2.24) is 15.5 Å². The van der Waals surface area contributed by atoms with Gasteiger partial charge in [0.25, 0.3) is 5.91 Å². The van der Waals surface area contributed by atoms with Gasteiger partial charge in [0.05, 0.1) is 24.1 Å². The van der Waals surface area contributed by atoms with Gasteiger partial charge in [0, 0.05) is 24.2 Å². The molecule has 6 heteroatoms. The average Bonchev–Trinajstić information content (AvgIpc) is 3.42. The molecule has 2 aromatic heterocycles. The number of carbonyl (C=O) groups excluding carboxylic acids is 1. The summed E-state index contributed by atoms with van der Waals surface area (Å²) in [5, 5.41) is 7.22. The van der Waals surface area contributed by atoms with E-state index in [1.54, 1.807) is 13.4 Å². The summed E-state index contributed by atoms with van der Waals surface area (Å²) >= 11 is 0. The van der Waals surface area contributed by atoms with Crippen LogP contribution in [0.2, 0.25) is 0 Å². The van der Waals surface area contributed by atoms with Crippen molar-refractivity contribution >= 4 is 5.91 Å². The minimum absolute atomic E-state index is 0.0289. The first kappa shape index (κ1) is 19.3. The van der Waals surface area contributed by atoms with Gasteiger partial charge in [0.15, 0.2) is 0 Å². The number of rotatable bonds is 6. The molecule has 152 valence electrons. The maximum Gasteiger partial charge on any atom is 0.253 e. The van der Waals surface area contributed by atoms with Crippen LogP contribution in [0, 0.1) is 12.8 Å². The van der Waals surface area contributed by atoms with Gasteiger partial charge in [-0.1, -0.05) is 5.16 Å². The van der Waals surface area contributed by atoms with E-state index in [-0.39, 0.29) is 5.91 Å². The van der Waals surface area contributed by atoms with Gasteiger partial charge in [-0.3, -0.25) is 4.79 Å². The lowest BCUT2D eigenvalue weighted by Gasteiger charge is -2.27. The molecule has 1 aliphatic carbocycles. The maximum absolute atomic E-state index is 12.9. The zero-order valence-corrected chi connectivity index (χ0v) is 16.9. The molecule has 0 bridgehead atoms. The third kappa shape index (κ3) is 4.36. The Morgan fingerprint density at radius 2 is 1.97 bits per heavy atom. The number of hydrogen-bond donors (Lipinski definition) is 2. The monoisotopic (exact) mass is 393 g/mol. The predicted molar refractivity (Wildman–Crippen MR) is 111 cm³/mol. The predicted octanol–water partition coefficient (Wildman–Crippen LogP) is 4.69. The van der Waals surface area contributed by atoms with Gasteiger partial charge in [-0.15, -0.1) is 0 Å². The Balaban J connectivity index is 1.37. The van der Waals surface area contributed by atoms with Crippen molar-refractivity contribution in [2.45, 2.75) is 38.5 Å². The molecule has 0 radical (unpaired) electrons. The average molecular weight is 393 g/mol. The first-order valence-corrected chi connectivity index (χ1v) is 10.2. The summed E-state index contributed by atoms with van der Waals surface area (Å²) in [6.45, 7) is 2.67. The van der Waals surface area contributed by atoms with Crippen LogP contribution in [0.15, 0.2) is 47.2 Å². The standard InChI is InChI=1S/C23H27N3O3/c1-15-13-20(22(25-15)18-7-9-19(28-2)10-8-18)23(27)24-14-16-3-5-17(6-4-16)21-11-12-29-26-21/h7-13,16-17,25H,3-6,14H2,1-2H3,(H,24,27). The van der Waals surface area contributed by atoms with Crippen molar-refractivity contribution in [3.05, 3.63) is 59.6 Å². The number of aromatic nitrogens is 2. The number of benzene rings is 1. The van der Waals surface area contributed by atoms with Crippen LogP contribution in [0.25, 0.3) is 11.3 Å². The van der Waals surface area contributed by atoms with E-state index in [1.807, 2.05) is 43.3 Å². The van der Waals surface area contributed by atoms with Gasteiger partial charge in [-0.2, -0.15) is 0 Å². The zero-order valence-electron chi connectivity index (χ0n) is 16.9. The first-order valence-electron chi connectivity index (χ1n) is 10.2. The number of aromatic amines is 1. The molecular formula is C23H27N3O3. The highest BCUT2D eigenvalue weighted by Crippen LogP contribution is 2.34. The van der Waals surface area contributed by atoms with E-state index in [4.69, 9.17) is 9.26 Å². The van der Waals surface area contributed by atoms with Crippen molar-refractivity contribution in [3.8, 4) is 17.0 Å². The second-order valence-corrected chi connectivity index (χ2v) is 7.82. The lowest BCUT2D eigenvalue weighted by molar-refractivity contribution is 0.0943. The molecule has 1 aliphatic rings. The SMILES string of the molecule is COc1ccc(-c2[nH]c(C)cc2C(=O)NCC2CCC(c3ccon3)CC2)cc1. The Morgan fingerprint density at radius 1 is 1.21 bits per heavy atom. The quantitative estimate of drug-likeness (QED) is 0.637. The third-order valence-corrected chi connectivity index (χ3v) is 5.85. The molecule has 4 rings (SSSR count). The first-order chi connectivity index (χ1) is 14.1. The lowest BCUT2D eigenvalue weighted by atomic mass is 9.80. The van der Waals surface area contributed by atoms with E-state index in [0.717, 1.165) is 54.1 Å². The van der Waals surface area contributed by atoms with Crippen LogP contribution in [0.4, 0.5) is 0 Å². The van der Waals surface area contributed by atoms with Crippen molar-refractivity contribution in [3.63, 3.8) is 0 Å². The van der Waals surface area contributed by atoms with E-state index in [9.17, 15) is 4.79 Å². The van der Waals surface area contributed by atoms with Crippen LogP contribution in [-0.4, -0.2) is 29.7 Å². The number of nitrogens with zero attached hydrogens (tertiary/aromatic N) is 1. The molecule has 1 fully saturated rings. The minimum atomic E-state index is -0.0289. The number of carbonyl (C=O) groups is 1. The molecule has 0 atom stereocenters. The second-order valence-electron chi connectivity index (χ2n) is 7.82. The van der Waals surface area contributed by atoms with Gasteiger partial charge in [0.2, 0.25) is 0 Å². The summed E-state index contributed by atoms with van der Waals surface area (Å²) in [7, 11) is 1.64. The summed E-state index contributed by atoms with van der Waals surface area (Å²) in [4.78, 5) is 16.2. The van der Waals surface area contributed by atoms with Crippen LogP contribution in [0.3, 0.4) is 0 Å². The Labute approximate surface area is 170 Å². The topological polar surface area (TPSA) is 80.2 Å². The highest BCUT2D eigenvalue weighted by molar-refractivity contribution is 6.00. The maximum atomic E-state index is 12.9. The number of H-pyrrole nitrogens is 1. The Kier molecular flexibility index (Phi) is 5.69. The van der Waals surface area contributed by atoms with E-state index in [2.05, 4.69) is 15.5 Å². The van der Waals surface area contributed by atoms with Gasteiger partial charge in [-0.05, 0) is 74.4 Å². The summed E-state index contributed by atoms with van der Waals surface area (Å²) in [6, 6.07) is 11.6. The summed E-state index contributed by atoms with van der Waals surface area (Å²) in [5.74, 6) is 1.75. The summed E-state index contributed by atoms with van der Waals surface area (Å²) in [6.07, 6.45) is 6.01. The normalized spacial score (nSPS) is 19.1. The Bertz CT molecular complexity index is 936. The molecule has 2 heterocycles. The van der Waals surface area contributed by atoms with E-state index in [1.165, 1.54) is 0 Å². The molecule has 1 aromatic carbocycles. The number of nitrogens with one attached hydrogen (secondary N) is 2. The van der Waals surface area contributed by atoms with Crippen LogP contribution in [-0.2, 0) is 0 Å². The van der Waals surface area contributed by atoms with Crippen LogP contribution in [0.5, 0.6) is 5.75 Å². The minimum Gasteiger partial charge on any atom is -0.497 e. The van der Waals surface area contributed by atoms with Crippen LogP contribution in [0.1, 0.15) is 53.3 Å². The van der Waals surface area contributed by atoms with Crippen molar-refractivity contribution < 1.29 is 14.1 Å². The lowest BCUT2D eigenvalue weighted by Crippen LogP contribution is -2.31. The Hall–Kier alpha value is -3.02. The molecule has 0 spiro atoms. The van der Waals surface area contributed by atoms with Crippen LogP contribution >= 0.6 is 0 Å². The van der Waals surface area contributed by atoms with Crippen molar-refractivity contribution in [1.29, 1.82) is 0 Å². The van der Waals surface area contributed by atoms with Crippen LogP contribution < -0.4 is 10.1 Å². The molecule has 1 amide bonds. The van der Waals surface area contributed by atoms with Crippen molar-refractivity contribution in [2.24, 2.45) is 5.92 Å². The highest BCUT2D eigenvalue weighted by Gasteiger charge is 2.25. The summed E-state index contributed by atoms with van der Waals surface area (Å²) in [5.41, 5.74) is 4.52. The fraction of sp³-hybridized carbons (Fsp3) is 0.391. The smallest absolute Gasteiger partial charge is 0.253 e. The third-order valence-electron chi connectivity index (χ3n) is 5.85. The molecule has 6 nitrogen and oxygen atoms in total. The van der Waals surface area contributed by atoms with Gasteiger partial charge < -0.3 is 19.6 Å². The highest BCUT2D eigenvalue weighted by atomic mass is 16.5. The molecule has 3 aromatic rings. The van der Waals surface area contributed by atoms with Gasteiger partial charge >= 0.3 is 0 Å². The van der Waals surface area contributed by atoms with Gasteiger partial charge in [-0.25, -0.2) is 0 Å². The molecule has 29 heavy (non-hydrogen) atoms. The molecule has 1 saturated carbocycles. The van der Waals surface area contributed by atoms with E-state index >= 15 is 0 Å². The largest absolute Gasteiger partial charge is 0.497 e. The molecule has 2 N–H and O–H groups in total. The Morgan fingerprint density at radius 3 is 2.62 bits per heavy atom. The fourth-order valence-corrected chi connectivity index (χ4v) is 4.18. The fourth-order valence-electron chi connectivity index (χ4n) is 4.18. The molecular weight excluding hydrogens is 366 g/mol. The van der Waals surface area contributed by atoms with E-state index < -0.39 is 0 Å². The zero-order chi connectivity index (χ0) is 20.2. The number of amides is 1. The van der Waals surface area contributed by atoms with Gasteiger partial charge in [0.1, 0.15) is 12.0 Å². The molecule has 0 unspecified atom stereocenters. The molecule has 0 saturated heterocycles. The number of hydrogen-bond acceptors (Lipinski definition) is 4.